The maximum Gasteiger partial charge on any atom is 0.0631 e. The van der Waals surface area contributed by atoms with E-state index in [4.69, 9.17) is 41.9 Å². The van der Waals surface area contributed by atoms with E-state index in [1.807, 2.05) is 55.4 Å². The van der Waals surface area contributed by atoms with Crippen LogP contribution >= 0.6 is 0 Å². The number of hydrogen-bond donors (Lipinski definition) is 4. The average Bonchev–Trinajstić information content (AvgIpc) is 2.66. The molecular weight excluding hydrogens is 564 g/mol. The van der Waals surface area contributed by atoms with E-state index >= 15 is 0 Å². The molecule has 0 amide bonds. The molecule has 0 radical (unpaired) electrons. The fourth-order valence-electron chi connectivity index (χ4n) is 6.55. The Bertz CT molecular complexity index is 699. The highest BCUT2D eigenvalue weighted by atomic mass is 16.5. The Hall–Kier alpha value is -0.320. The molecule has 272 valence electrons. The highest BCUT2D eigenvalue weighted by Crippen LogP contribution is 2.50. The molecule has 0 bridgehead atoms. The quantitative estimate of drug-likeness (QED) is 0.0863. The van der Waals surface area contributed by atoms with Crippen molar-refractivity contribution in [2.45, 2.75) is 207 Å². The molecule has 0 saturated heterocycles. The molecule has 0 aliphatic carbocycles. The van der Waals surface area contributed by atoms with Gasteiger partial charge in [0.05, 0.1) is 22.4 Å². The third-order valence-electron chi connectivity index (χ3n) is 8.16. The standard InChI is InChI=1S/C37H80N4O4/c1-29(2,38)17-21-42-33(9,10)25-37(26-34(11,12)43-22-18-30(3,4)39,27-35(13,14)44-23-19-31(5,6)40)28-36(15,16)45-24-20-32(7,8)41/h17-28,38-41H2,1-16H3. The second-order valence-electron chi connectivity index (χ2n) is 19.6. The Balaban J connectivity index is 6.67. The molecule has 0 saturated carbocycles. The number of ether oxygens (including phenoxy) is 4. The molecule has 0 spiro atoms. The molecule has 8 N–H and O–H groups in total. The van der Waals surface area contributed by atoms with Crippen LogP contribution in [-0.2, 0) is 18.9 Å². The highest BCUT2D eigenvalue weighted by molar-refractivity contribution is 4.99. The second kappa shape index (κ2) is 16.4. The van der Waals surface area contributed by atoms with Gasteiger partial charge in [0, 0.05) is 48.6 Å². The van der Waals surface area contributed by atoms with Gasteiger partial charge in [-0.05, 0) is 168 Å². The van der Waals surface area contributed by atoms with E-state index in [2.05, 4.69) is 55.4 Å². The summed E-state index contributed by atoms with van der Waals surface area (Å²) in [5.74, 6) is 0. The van der Waals surface area contributed by atoms with Crippen molar-refractivity contribution in [1.29, 1.82) is 0 Å². The predicted octanol–water partition coefficient (Wildman–Crippen LogP) is 7.22. The van der Waals surface area contributed by atoms with Gasteiger partial charge in [0.2, 0.25) is 0 Å². The van der Waals surface area contributed by atoms with Gasteiger partial charge in [-0.3, -0.25) is 0 Å². The summed E-state index contributed by atoms with van der Waals surface area (Å²) < 4.78 is 26.5. The fourth-order valence-corrected chi connectivity index (χ4v) is 6.55. The lowest BCUT2D eigenvalue weighted by Gasteiger charge is -2.50. The van der Waals surface area contributed by atoms with Gasteiger partial charge < -0.3 is 41.9 Å². The maximum absolute atomic E-state index is 6.63. The first kappa shape index (κ1) is 44.7. The normalized spacial score (nSPS) is 15.2. The van der Waals surface area contributed by atoms with Crippen molar-refractivity contribution in [3.8, 4) is 0 Å². The monoisotopic (exact) mass is 645 g/mol. The lowest BCUT2D eigenvalue weighted by atomic mass is 9.62. The zero-order valence-corrected chi connectivity index (χ0v) is 32.9. The van der Waals surface area contributed by atoms with Gasteiger partial charge in [-0.2, -0.15) is 0 Å². The SMILES string of the molecule is CC(C)(N)CCOC(C)(C)CC(CC(C)(C)OCCC(C)(C)N)(CC(C)(C)OCCC(C)(C)N)CC(C)(C)OCCC(C)(C)N. The molecule has 8 nitrogen and oxygen atoms in total. The number of nitrogens with two attached hydrogens (primary N) is 4. The summed E-state index contributed by atoms with van der Waals surface area (Å²) in [6.45, 7) is 36.3. The van der Waals surface area contributed by atoms with Crippen LogP contribution in [0.15, 0.2) is 0 Å². The minimum atomic E-state index is -0.425. The van der Waals surface area contributed by atoms with Crippen LogP contribution in [-0.4, -0.2) is 71.0 Å². The topological polar surface area (TPSA) is 141 Å². The molecule has 0 atom stereocenters. The molecule has 0 fully saturated rings. The van der Waals surface area contributed by atoms with E-state index in [-0.39, 0.29) is 27.6 Å². The molecule has 0 aromatic rings. The highest BCUT2D eigenvalue weighted by Gasteiger charge is 2.48. The van der Waals surface area contributed by atoms with Crippen LogP contribution in [0, 0.1) is 5.41 Å². The van der Waals surface area contributed by atoms with Crippen molar-refractivity contribution < 1.29 is 18.9 Å². The summed E-state index contributed by atoms with van der Waals surface area (Å²) in [6, 6.07) is 0. The van der Waals surface area contributed by atoms with Gasteiger partial charge in [0.25, 0.3) is 0 Å². The first-order valence-corrected chi connectivity index (χ1v) is 17.4. The molecule has 8 heteroatoms. The van der Waals surface area contributed by atoms with Crippen LogP contribution in [0.1, 0.15) is 162 Å². The lowest BCUT2D eigenvalue weighted by molar-refractivity contribution is -0.146. The van der Waals surface area contributed by atoms with Gasteiger partial charge in [-0.25, -0.2) is 0 Å². The Morgan fingerprint density at radius 1 is 0.311 bits per heavy atom. The molecule has 0 rings (SSSR count). The van der Waals surface area contributed by atoms with Gasteiger partial charge in [0.1, 0.15) is 0 Å². The van der Waals surface area contributed by atoms with Gasteiger partial charge in [-0.1, -0.05) is 0 Å². The van der Waals surface area contributed by atoms with Crippen LogP contribution in [0.3, 0.4) is 0 Å². The van der Waals surface area contributed by atoms with Crippen molar-refractivity contribution in [1.82, 2.24) is 0 Å². The summed E-state index contributed by atoms with van der Waals surface area (Å²) in [6.07, 6.45) is 6.30. The summed E-state index contributed by atoms with van der Waals surface area (Å²) in [7, 11) is 0. The number of rotatable bonds is 24. The van der Waals surface area contributed by atoms with Gasteiger partial charge in [-0.15, -0.1) is 0 Å². The predicted molar refractivity (Wildman–Crippen MR) is 193 cm³/mol. The maximum atomic E-state index is 6.63. The summed E-state index contributed by atoms with van der Waals surface area (Å²) in [5.41, 5.74) is 22.1. The first-order chi connectivity index (χ1) is 19.7. The van der Waals surface area contributed by atoms with Crippen LogP contribution in [0.25, 0.3) is 0 Å². The van der Waals surface area contributed by atoms with Gasteiger partial charge in [0.15, 0.2) is 0 Å². The third-order valence-corrected chi connectivity index (χ3v) is 8.16. The Labute approximate surface area is 280 Å². The smallest absolute Gasteiger partial charge is 0.0631 e. The molecule has 0 unspecified atom stereocenters. The van der Waals surface area contributed by atoms with Crippen molar-refractivity contribution in [3.63, 3.8) is 0 Å². The minimum Gasteiger partial charge on any atom is -0.375 e. The molecule has 0 aromatic carbocycles. The largest absolute Gasteiger partial charge is 0.375 e. The average molecular weight is 645 g/mol. The van der Waals surface area contributed by atoms with Crippen LogP contribution in [0.4, 0.5) is 0 Å². The van der Waals surface area contributed by atoms with E-state index in [1.54, 1.807) is 0 Å². The van der Waals surface area contributed by atoms with Crippen molar-refractivity contribution in [2.24, 2.45) is 28.3 Å². The number of hydrogen-bond acceptors (Lipinski definition) is 8. The third kappa shape index (κ3) is 24.5. The van der Waals surface area contributed by atoms with E-state index in [9.17, 15) is 0 Å². The van der Waals surface area contributed by atoms with E-state index in [0.717, 1.165) is 51.4 Å². The van der Waals surface area contributed by atoms with E-state index in [1.165, 1.54) is 0 Å². The second-order valence-corrected chi connectivity index (χ2v) is 19.6. The van der Waals surface area contributed by atoms with E-state index < -0.39 is 22.4 Å². The Morgan fingerprint density at radius 3 is 0.600 bits per heavy atom. The lowest BCUT2D eigenvalue weighted by Crippen LogP contribution is -2.49. The Kier molecular flexibility index (Phi) is 16.3. The molecule has 0 aliphatic rings. The molecule has 0 aliphatic heterocycles. The molecule has 45 heavy (non-hydrogen) atoms. The Morgan fingerprint density at radius 2 is 0.467 bits per heavy atom. The zero-order valence-electron chi connectivity index (χ0n) is 32.9. The first-order valence-electron chi connectivity index (χ1n) is 17.4. The van der Waals surface area contributed by atoms with Crippen LogP contribution in [0.2, 0.25) is 0 Å². The van der Waals surface area contributed by atoms with E-state index in [0.29, 0.717) is 26.4 Å². The van der Waals surface area contributed by atoms with Crippen molar-refractivity contribution in [2.75, 3.05) is 26.4 Å². The summed E-state index contributed by atoms with van der Waals surface area (Å²) in [4.78, 5) is 0. The van der Waals surface area contributed by atoms with Gasteiger partial charge >= 0.3 is 0 Å². The summed E-state index contributed by atoms with van der Waals surface area (Å²) >= 11 is 0. The minimum absolute atomic E-state index is 0.271. The molecule has 0 heterocycles. The van der Waals surface area contributed by atoms with Crippen LogP contribution < -0.4 is 22.9 Å². The molecule has 0 aromatic heterocycles. The zero-order chi connectivity index (χ0) is 35.8. The van der Waals surface area contributed by atoms with Crippen LogP contribution in [0.5, 0.6) is 0 Å². The fraction of sp³-hybridized carbons (Fsp3) is 1.00. The molecular formula is C37H80N4O4. The van der Waals surface area contributed by atoms with Crippen molar-refractivity contribution >= 4 is 0 Å². The summed E-state index contributed by atoms with van der Waals surface area (Å²) in [5, 5.41) is 0. The van der Waals surface area contributed by atoms with Crippen molar-refractivity contribution in [3.05, 3.63) is 0 Å².